The molecule has 0 fully saturated rings. The van der Waals surface area contributed by atoms with Crippen LogP contribution in [0, 0.1) is 6.92 Å². The van der Waals surface area contributed by atoms with E-state index in [1.807, 2.05) is 19.2 Å². The molecule has 2 rings (SSSR count). The number of likely N-dealkylation sites (N-methyl/N-ethyl adjacent to an activating group) is 1. The highest BCUT2D eigenvalue weighted by molar-refractivity contribution is 6.30. The Morgan fingerprint density at radius 3 is 2.45 bits per heavy atom. The molecule has 0 aliphatic carbocycles. The van der Waals surface area contributed by atoms with Gasteiger partial charge in [0.05, 0.1) is 7.11 Å². The maximum atomic E-state index is 5.93. The maximum Gasteiger partial charge on any atom is 0.123 e. The molecule has 0 heterocycles. The Kier molecular flexibility index (Phi) is 5.05. The topological polar surface area (TPSA) is 21.3 Å². The fourth-order valence-corrected chi connectivity index (χ4v) is 2.46. The van der Waals surface area contributed by atoms with Crippen LogP contribution in [0.25, 0.3) is 0 Å². The number of methoxy groups -OCH3 is 1. The van der Waals surface area contributed by atoms with E-state index in [4.69, 9.17) is 16.3 Å². The third-order valence-electron chi connectivity index (χ3n) is 3.47. The monoisotopic (exact) mass is 289 g/mol. The van der Waals surface area contributed by atoms with E-state index in [0.717, 1.165) is 17.2 Å². The number of benzene rings is 2. The van der Waals surface area contributed by atoms with E-state index >= 15 is 0 Å². The standard InChI is InChI=1S/C17H20ClNO/c1-12-4-9-15(17(10-12)20-3)16(19-2)11-13-5-7-14(18)8-6-13/h4-10,16,19H,11H2,1-3H3. The van der Waals surface area contributed by atoms with Crippen LogP contribution in [0.3, 0.4) is 0 Å². The molecular weight excluding hydrogens is 270 g/mol. The Balaban J connectivity index is 2.26. The van der Waals surface area contributed by atoms with Gasteiger partial charge in [0.15, 0.2) is 0 Å². The van der Waals surface area contributed by atoms with Gasteiger partial charge < -0.3 is 10.1 Å². The van der Waals surface area contributed by atoms with Crippen molar-refractivity contribution in [3.63, 3.8) is 0 Å². The Labute approximate surface area is 125 Å². The zero-order chi connectivity index (χ0) is 14.5. The predicted octanol–water partition coefficient (Wildman–Crippen LogP) is 4.16. The minimum absolute atomic E-state index is 0.215. The van der Waals surface area contributed by atoms with Crippen molar-refractivity contribution in [1.29, 1.82) is 0 Å². The molecule has 0 spiro atoms. The minimum atomic E-state index is 0.215. The van der Waals surface area contributed by atoms with Crippen LogP contribution in [0.15, 0.2) is 42.5 Å². The van der Waals surface area contributed by atoms with Crippen molar-refractivity contribution in [2.45, 2.75) is 19.4 Å². The molecule has 106 valence electrons. The van der Waals surface area contributed by atoms with Crippen LogP contribution in [0.4, 0.5) is 0 Å². The van der Waals surface area contributed by atoms with E-state index in [0.29, 0.717) is 0 Å². The Morgan fingerprint density at radius 2 is 1.85 bits per heavy atom. The summed E-state index contributed by atoms with van der Waals surface area (Å²) in [6, 6.07) is 14.5. The normalized spacial score (nSPS) is 12.2. The third-order valence-corrected chi connectivity index (χ3v) is 3.72. The number of ether oxygens (including phenoxy) is 1. The molecule has 0 bridgehead atoms. The molecule has 0 amide bonds. The van der Waals surface area contributed by atoms with Crippen molar-refractivity contribution in [1.82, 2.24) is 5.32 Å². The molecule has 1 N–H and O–H groups in total. The molecule has 0 saturated heterocycles. The molecule has 0 saturated carbocycles. The largest absolute Gasteiger partial charge is 0.496 e. The molecule has 0 aliphatic rings. The van der Waals surface area contributed by atoms with Gasteiger partial charge in [0, 0.05) is 16.6 Å². The van der Waals surface area contributed by atoms with Crippen LogP contribution in [-0.4, -0.2) is 14.2 Å². The van der Waals surface area contributed by atoms with Gasteiger partial charge in [-0.1, -0.05) is 35.9 Å². The lowest BCUT2D eigenvalue weighted by Gasteiger charge is -2.20. The van der Waals surface area contributed by atoms with E-state index in [1.54, 1.807) is 7.11 Å². The number of hydrogen-bond donors (Lipinski definition) is 1. The molecule has 1 atom stereocenters. The lowest BCUT2D eigenvalue weighted by molar-refractivity contribution is 0.401. The van der Waals surface area contributed by atoms with Crippen LogP contribution >= 0.6 is 11.6 Å². The number of nitrogens with one attached hydrogen (secondary N) is 1. The number of rotatable bonds is 5. The molecule has 2 nitrogen and oxygen atoms in total. The quantitative estimate of drug-likeness (QED) is 0.892. The van der Waals surface area contributed by atoms with Gasteiger partial charge in [-0.25, -0.2) is 0 Å². The first kappa shape index (κ1) is 14.9. The summed E-state index contributed by atoms with van der Waals surface area (Å²) in [4.78, 5) is 0. The van der Waals surface area contributed by atoms with Crippen molar-refractivity contribution in [3.8, 4) is 5.75 Å². The average Bonchev–Trinajstić information content (AvgIpc) is 2.47. The van der Waals surface area contributed by atoms with Crippen LogP contribution in [0.2, 0.25) is 5.02 Å². The summed E-state index contributed by atoms with van der Waals surface area (Å²) in [5.41, 5.74) is 3.62. The predicted molar refractivity (Wildman–Crippen MR) is 84.7 cm³/mol. The molecule has 1 unspecified atom stereocenters. The highest BCUT2D eigenvalue weighted by Gasteiger charge is 2.15. The number of halogens is 1. The van der Waals surface area contributed by atoms with Crippen molar-refractivity contribution in [3.05, 3.63) is 64.2 Å². The van der Waals surface area contributed by atoms with Gasteiger partial charge in [-0.3, -0.25) is 0 Å². The van der Waals surface area contributed by atoms with E-state index in [9.17, 15) is 0 Å². The Hall–Kier alpha value is -1.51. The minimum Gasteiger partial charge on any atom is -0.496 e. The lowest BCUT2D eigenvalue weighted by atomic mass is 9.97. The van der Waals surface area contributed by atoms with Gasteiger partial charge in [-0.2, -0.15) is 0 Å². The second-order valence-electron chi connectivity index (χ2n) is 4.92. The summed E-state index contributed by atoms with van der Waals surface area (Å²) >= 11 is 5.93. The highest BCUT2D eigenvalue weighted by Crippen LogP contribution is 2.28. The van der Waals surface area contributed by atoms with Crippen LogP contribution in [0.5, 0.6) is 5.75 Å². The van der Waals surface area contributed by atoms with E-state index in [1.165, 1.54) is 16.7 Å². The Morgan fingerprint density at radius 1 is 1.15 bits per heavy atom. The summed E-state index contributed by atoms with van der Waals surface area (Å²) in [5.74, 6) is 0.929. The molecule has 20 heavy (non-hydrogen) atoms. The summed E-state index contributed by atoms with van der Waals surface area (Å²) in [5, 5.41) is 4.13. The van der Waals surface area contributed by atoms with Gasteiger partial charge in [0.1, 0.15) is 5.75 Å². The molecule has 0 aromatic heterocycles. The summed E-state index contributed by atoms with van der Waals surface area (Å²) < 4.78 is 5.50. The second kappa shape index (κ2) is 6.78. The molecule has 3 heteroatoms. The van der Waals surface area contributed by atoms with Crippen molar-refractivity contribution in [2.75, 3.05) is 14.2 Å². The lowest BCUT2D eigenvalue weighted by Crippen LogP contribution is -2.19. The highest BCUT2D eigenvalue weighted by atomic mass is 35.5. The SMILES string of the molecule is CNC(Cc1ccc(Cl)cc1)c1ccc(C)cc1OC. The molecule has 2 aromatic rings. The van der Waals surface area contributed by atoms with E-state index in [-0.39, 0.29) is 6.04 Å². The van der Waals surface area contributed by atoms with Crippen LogP contribution in [-0.2, 0) is 6.42 Å². The van der Waals surface area contributed by atoms with Crippen LogP contribution in [0.1, 0.15) is 22.7 Å². The van der Waals surface area contributed by atoms with Gasteiger partial charge in [-0.15, -0.1) is 0 Å². The first-order valence-electron chi connectivity index (χ1n) is 6.70. The second-order valence-corrected chi connectivity index (χ2v) is 5.35. The zero-order valence-corrected chi connectivity index (χ0v) is 12.9. The average molecular weight is 290 g/mol. The van der Waals surface area contributed by atoms with Gasteiger partial charge >= 0.3 is 0 Å². The van der Waals surface area contributed by atoms with Crippen molar-refractivity contribution < 1.29 is 4.74 Å². The van der Waals surface area contributed by atoms with E-state index < -0.39 is 0 Å². The summed E-state index contributed by atoms with van der Waals surface area (Å²) in [6.07, 6.45) is 0.896. The van der Waals surface area contributed by atoms with Crippen molar-refractivity contribution in [2.24, 2.45) is 0 Å². The van der Waals surface area contributed by atoms with Crippen LogP contribution < -0.4 is 10.1 Å². The third kappa shape index (κ3) is 3.53. The number of hydrogen-bond acceptors (Lipinski definition) is 2. The van der Waals surface area contributed by atoms with E-state index in [2.05, 4.69) is 42.6 Å². The fourth-order valence-electron chi connectivity index (χ4n) is 2.33. The summed E-state index contributed by atoms with van der Waals surface area (Å²) in [6.45, 7) is 2.07. The molecule has 0 aliphatic heterocycles. The van der Waals surface area contributed by atoms with Gasteiger partial charge in [0.25, 0.3) is 0 Å². The Bertz CT molecular complexity index is 566. The zero-order valence-electron chi connectivity index (χ0n) is 12.1. The fraction of sp³-hybridized carbons (Fsp3) is 0.294. The summed E-state index contributed by atoms with van der Waals surface area (Å²) in [7, 11) is 3.69. The molecule has 0 radical (unpaired) electrons. The maximum absolute atomic E-state index is 5.93. The molecule has 2 aromatic carbocycles. The van der Waals surface area contributed by atoms with Crippen molar-refractivity contribution >= 4 is 11.6 Å². The smallest absolute Gasteiger partial charge is 0.123 e. The van der Waals surface area contributed by atoms with Gasteiger partial charge in [-0.05, 0) is 49.7 Å². The first-order chi connectivity index (χ1) is 9.63. The number of aryl methyl sites for hydroxylation is 1. The van der Waals surface area contributed by atoms with Gasteiger partial charge in [0.2, 0.25) is 0 Å². The first-order valence-corrected chi connectivity index (χ1v) is 7.08. The molecular formula is C17H20ClNO.